The van der Waals surface area contributed by atoms with E-state index in [1.165, 1.54) is 0 Å². The van der Waals surface area contributed by atoms with Crippen LogP contribution in [-0.4, -0.2) is 42.1 Å². The maximum absolute atomic E-state index is 12.1. The van der Waals surface area contributed by atoms with Crippen LogP contribution in [0.4, 0.5) is 0 Å². The van der Waals surface area contributed by atoms with E-state index >= 15 is 0 Å². The first-order chi connectivity index (χ1) is 12.2. The zero-order chi connectivity index (χ0) is 17.6. The van der Waals surface area contributed by atoms with Gasteiger partial charge in [0.1, 0.15) is 12.4 Å². The van der Waals surface area contributed by atoms with Gasteiger partial charge in [-0.1, -0.05) is 23.7 Å². The minimum absolute atomic E-state index is 0.0391. The van der Waals surface area contributed by atoms with Crippen molar-refractivity contribution in [2.75, 3.05) is 26.3 Å². The van der Waals surface area contributed by atoms with Crippen LogP contribution in [0.15, 0.2) is 34.9 Å². The predicted octanol–water partition coefficient (Wildman–Crippen LogP) is 3.66. The van der Waals surface area contributed by atoms with E-state index in [0.29, 0.717) is 30.5 Å². The van der Waals surface area contributed by atoms with Gasteiger partial charge in [0.15, 0.2) is 5.89 Å². The number of rotatable bonds is 6. The Kier molecular flexibility index (Phi) is 6.10. The quantitative estimate of drug-likeness (QED) is 0.786. The standard InChI is InChI=1S/C19H23ClN2O3/c1-2-24-13-18(23)22-8-4-6-15(12-22)19-21-11-17(25-19)10-14-5-3-7-16(20)9-14/h3,5,7,9,11,15H,2,4,6,8,10,12-13H2,1H3/t15-/m0/s1. The zero-order valence-electron chi connectivity index (χ0n) is 14.4. The van der Waals surface area contributed by atoms with E-state index in [1.807, 2.05) is 36.1 Å². The normalized spacial score (nSPS) is 17.7. The molecular formula is C19H23ClN2O3. The van der Waals surface area contributed by atoms with Crippen LogP contribution in [0.25, 0.3) is 0 Å². The summed E-state index contributed by atoms with van der Waals surface area (Å²) in [6.07, 6.45) is 4.37. The fraction of sp³-hybridized carbons (Fsp3) is 0.474. The number of aromatic nitrogens is 1. The van der Waals surface area contributed by atoms with Crippen molar-refractivity contribution in [3.63, 3.8) is 0 Å². The first-order valence-electron chi connectivity index (χ1n) is 8.70. The van der Waals surface area contributed by atoms with E-state index in [9.17, 15) is 4.79 Å². The lowest BCUT2D eigenvalue weighted by Gasteiger charge is -2.31. The van der Waals surface area contributed by atoms with Crippen molar-refractivity contribution in [1.29, 1.82) is 0 Å². The molecule has 0 aliphatic carbocycles. The monoisotopic (exact) mass is 362 g/mol. The lowest BCUT2D eigenvalue weighted by Crippen LogP contribution is -2.41. The Hall–Kier alpha value is -1.85. The molecule has 1 atom stereocenters. The molecule has 25 heavy (non-hydrogen) atoms. The van der Waals surface area contributed by atoms with Gasteiger partial charge in [-0.3, -0.25) is 4.79 Å². The van der Waals surface area contributed by atoms with Gasteiger partial charge in [0.05, 0.1) is 12.1 Å². The molecule has 134 valence electrons. The average Bonchev–Trinajstić information content (AvgIpc) is 3.08. The molecule has 0 spiro atoms. The van der Waals surface area contributed by atoms with Crippen LogP contribution in [0.5, 0.6) is 0 Å². The number of hydrogen-bond donors (Lipinski definition) is 0. The summed E-state index contributed by atoms with van der Waals surface area (Å²) in [5, 5.41) is 0.716. The van der Waals surface area contributed by atoms with Crippen LogP contribution in [0.2, 0.25) is 5.02 Å². The van der Waals surface area contributed by atoms with Crippen LogP contribution in [0.3, 0.4) is 0 Å². The van der Waals surface area contributed by atoms with E-state index in [2.05, 4.69) is 4.98 Å². The summed E-state index contributed by atoms with van der Waals surface area (Å²) in [4.78, 5) is 18.4. The molecule has 1 saturated heterocycles. The highest BCUT2D eigenvalue weighted by atomic mass is 35.5. The van der Waals surface area contributed by atoms with Crippen molar-refractivity contribution >= 4 is 17.5 Å². The van der Waals surface area contributed by atoms with Crippen molar-refractivity contribution in [3.05, 3.63) is 52.7 Å². The molecule has 1 aliphatic rings. The Bertz CT molecular complexity index is 716. The molecule has 1 aliphatic heterocycles. The number of ether oxygens (including phenoxy) is 1. The largest absolute Gasteiger partial charge is 0.445 e. The molecule has 0 bridgehead atoms. The summed E-state index contributed by atoms with van der Waals surface area (Å²) in [6.45, 7) is 4.01. The summed E-state index contributed by atoms with van der Waals surface area (Å²) >= 11 is 6.03. The Morgan fingerprint density at radius 1 is 1.48 bits per heavy atom. The number of halogens is 1. The molecule has 3 rings (SSSR count). The Morgan fingerprint density at radius 2 is 2.36 bits per heavy atom. The number of piperidine rings is 1. The molecule has 5 nitrogen and oxygen atoms in total. The Balaban J connectivity index is 1.62. The summed E-state index contributed by atoms with van der Waals surface area (Å²) in [5.41, 5.74) is 1.09. The minimum atomic E-state index is 0.0391. The summed E-state index contributed by atoms with van der Waals surface area (Å²) < 4.78 is 11.2. The Labute approximate surface area is 152 Å². The maximum Gasteiger partial charge on any atom is 0.248 e. The summed E-state index contributed by atoms with van der Waals surface area (Å²) in [7, 11) is 0. The van der Waals surface area contributed by atoms with E-state index < -0.39 is 0 Å². The third-order valence-corrected chi connectivity index (χ3v) is 4.63. The third kappa shape index (κ3) is 4.83. The smallest absolute Gasteiger partial charge is 0.248 e. The van der Waals surface area contributed by atoms with E-state index in [0.717, 1.165) is 30.7 Å². The van der Waals surface area contributed by atoms with Gasteiger partial charge in [0, 0.05) is 31.1 Å². The van der Waals surface area contributed by atoms with Gasteiger partial charge in [-0.25, -0.2) is 4.98 Å². The summed E-state index contributed by atoms with van der Waals surface area (Å²) in [5.74, 6) is 1.71. The van der Waals surface area contributed by atoms with Gasteiger partial charge in [0.2, 0.25) is 5.91 Å². The van der Waals surface area contributed by atoms with Gasteiger partial charge in [-0.05, 0) is 37.5 Å². The molecule has 2 heterocycles. The van der Waals surface area contributed by atoms with Gasteiger partial charge in [-0.15, -0.1) is 0 Å². The van der Waals surface area contributed by atoms with Gasteiger partial charge in [-0.2, -0.15) is 0 Å². The second-order valence-corrected chi connectivity index (χ2v) is 6.72. The number of oxazole rings is 1. The van der Waals surface area contributed by atoms with Crippen LogP contribution >= 0.6 is 11.6 Å². The third-order valence-electron chi connectivity index (χ3n) is 4.39. The van der Waals surface area contributed by atoms with Crippen LogP contribution in [0.1, 0.15) is 42.9 Å². The molecule has 1 amide bonds. The molecule has 1 fully saturated rings. The fourth-order valence-corrected chi connectivity index (χ4v) is 3.34. The number of carbonyl (C=O) groups excluding carboxylic acids is 1. The molecule has 1 aromatic carbocycles. The molecule has 1 aromatic heterocycles. The number of likely N-dealkylation sites (tertiary alicyclic amines) is 1. The first kappa shape index (κ1) is 18.0. The number of nitrogens with zero attached hydrogens (tertiary/aromatic N) is 2. The molecule has 0 N–H and O–H groups in total. The molecular weight excluding hydrogens is 340 g/mol. The van der Waals surface area contributed by atoms with Crippen LogP contribution in [0, 0.1) is 0 Å². The van der Waals surface area contributed by atoms with Crippen LogP contribution in [-0.2, 0) is 16.0 Å². The molecule has 0 saturated carbocycles. The summed E-state index contributed by atoms with van der Waals surface area (Å²) in [6, 6.07) is 7.73. The minimum Gasteiger partial charge on any atom is -0.445 e. The van der Waals surface area contributed by atoms with Crippen molar-refractivity contribution in [2.24, 2.45) is 0 Å². The topological polar surface area (TPSA) is 55.6 Å². The lowest BCUT2D eigenvalue weighted by molar-refractivity contribution is -0.137. The van der Waals surface area contributed by atoms with Gasteiger partial charge in [0.25, 0.3) is 0 Å². The van der Waals surface area contributed by atoms with E-state index in [1.54, 1.807) is 6.20 Å². The molecule has 2 aromatic rings. The number of hydrogen-bond acceptors (Lipinski definition) is 4. The maximum atomic E-state index is 12.1. The molecule has 0 unspecified atom stereocenters. The second-order valence-electron chi connectivity index (χ2n) is 6.29. The average molecular weight is 363 g/mol. The highest BCUT2D eigenvalue weighted by Crippen LogP contribution is 2.27. The van der Waals surface area contributed by atoms with Crippen LogP contribution < -0.4 is 0 Å². The molecule has 6 heteroatoms. The Morgan fingerprint density at radius 3 is 3.16 bits per heavy atom. The van der Waals surface area contributed by atoms with Crippen molar-refractivity contribution in [1.82, 2.24) is 9.88 Å². The number of benzene rings is 1. The van der Waals surface area contributed by atoms with Crippen molar-refractivity contribution in [2.45, 2.75) is 32.1 Å². The van der Waals surface area contributed by atoms with Crippen molar-refractivity contribution < 1.29 is 13.9 Å². The number of amides is 1. The predicted molar refractivity (Wildman–Crippen MR) is 95.8 cm³/mol. The first-order valence-corrected chi connectivity index (χ1v) is 9.08. The second kappa shape index (κ2) is 8.50. The number of carbonyl (C=O) groups is 1. The SMILES string of the molecule is CCOCC(=O)N1CCC[C@H](c2ncc(Cc3cccc(Cl)c3)o2)C1. The highest BCUT2D eigenvalue weighted by molar-refractivity contribution is 6.30. The van der Waals surface area contributed by atoms with Crippen molar-refractivity contribution in [3.8, 4) is 0 Å². The zero-order valence-corrected chi connectivity index (χ0v) is 15.2. The lowest BCUT2D eigenvalue weighted by atomic mass is 9.98. The highest BCUT2D eigenvalue weighted by Gasteiger charge is 2.27. The van der Waals surface area contributed by atoms with E-state index in [-0.39, 0.29) is 18.4 Å². The van der Waals surface area contributed by atoms with Gasteiger partial charge < -0.3 is 14.1 Å². The fourth-order valence-electron chi connectivity index (χ4n) is 3.13. The van der Waals surface area contributed by atoms with Gasteiger partial charge >= 0.3 is 0 Å². The van der Waals surface area contributed by atoms with E-state index in [4.69, 9.17) is 20.8 Å². The molecule has 0 radical (unpaired) electrons.